The maximum atomic E-state index is 11.8. The lowest BCUT2D eigenvalue weighted by Crippen LogP contribution is -2.36. The molecule has 2 N–H and O–H groups in total. The molecule has 17 heavy (non-hydrogen) atoms. The zero-order chi connectivity index (χ0) is 12.8. The summed E-state index contributed by atoms with van der Waals surface area (Å²) in [6.07, 6.45) is 3.07. The Bertz CT molecular complexity index is 279. The van der Waals surface area contributed by atoms with E-state index < -0.39 is 11.9 Å². The average Bonchev–Trinajstić information content (AvgIpc) is 2.72. The lowest BCUT2D eigenvalue weighted by atomic mass is 9.95. The molecule has 2 atom stereocenters. The summed E-state index contributed by atoms with van der Waals surface area (Å²) in [5.41, 5.74) is 0. The van der Waals surface area contributed by atoms with Crippen molar-refractivity contribution in [2.75, 3.05) is 27.2 Å². The number of aliphatic carboxylic acids is 1. The van der Waals surface area contributed by atoms with Crippen molar-refractivity contribution < 1.29 is 14.7 Å². The molecular formula is C12H22N2O3. The Balaban J connectivity index is 2.29. The highest BCUT2D eigenvalue weighted by Gasteiger charge is 2.37. The fourth-order valence-corrected chi connectivity index (χ4v) is 2.31. The number of carbonyl (C=O) groups excluding carboxylic acids is 1. The number of nitrogens with one attached hydrogen (secondary N) is 1. The molecule has 5 nitrogen and oxygen atoms in total. The van der Waals surface area contributed by atoms with Crippen molar-refractivity contribution in [2.45, 2.75) is 25.7 Å². The van der Waals surface area contributed by atoms with Gasteiger partial charge in [0.15, 0.2) is 0 Å². The predicted octanol–water partition coefficient (Wildman–Crippen LogP) is 0.555. The molecule has 0 bridgehead atoms. The van der Waals surface area contributed by atoms with Crippen LogP contribution in [0.1, 0.15) is 25.7 Å². The van der Waals surface area contributed by atoms with Crippen LogP contribution in [0.15, 0.2) is 0 Å². The summed E-state index contributed by atoms with van der Waals surface area (Å²) in [4.78, 5) is 24.8. The van der Waals surface area contributed by atoms with Gasteiger partial charge in [0, 0.05) is 6.54 Å². The van der Waals surface area contributed by atoms with Gasteiger partial charge < -0.3 is 15.3 Å². The minimum Gasteiger partial charge on any atom is -0.481 e. The Morgan fingerprint density at radius 1 is 1.29 bits per heavy atom. The van der Waals surface area contributed by atoms with Crippen molar-refractivity contribution >= 4 is 11.9 Å². The van der Waals surface area contributed by atoms with E-state index in [9.17, 15) is 9.59 Å². The fourth-order valence-electron chi connectivity index (χ4n) is 2.31. The minimum absolute atomic E-state index is 0.0892. The molecule has 5 heteroatoms. The summed E-state index contributed by atoms with van der Waals surface area (Å²) >= 11 is 0. The van der Waals surface area contributed by atoms with Gasteiger partial charge in [-0.05, 0) is 39.9 Å². The molecule has 2 unspecified atom stereocenters. The Hall–Kier alpha value is -1.10. The van der Waals surface area contributed by atoms with Crippen LogP contribution in [-0.2, 0) is 9.59 Å². The van der Waals surface area contributed by atoms with Gasteiger partial charge in [-0.3, -0.25) is 9.59 Å². The normalized spacial score (nSPS) is 23.9. The Morgan fingerprint density at radius 3 is 2.53 bits per heavy atom. The van der Waals surface area contributed by atoms with Crippen LogP contribution >= 0.6 is 0 Å². The first-order chi connectivity index (χ1) is 8.02. The van der Waals surface area contributed by atoms with E-state index in [1.54, 1.807) is 0 Å². The van der Waals surface area contributed by atoms with E-state index >= 15 is 0 Å². The third-order valence-corrected chi connectivity index (χ3v) is 3.25. The van der Waals surface area contributed by atoms with Crippen LogP contribution in [-0.4, -0.2) is 49.1 Å². The van der Waals surface area contributed by atoms with E-state index in [4.69, 9.17) is 5.11 Å². The zero-order valence-electron chi connectivity index (χ0n) is 10.6. The lowest BCUT2D eigenvalue weighted by Gasteiger charge is -2.16. The smallest absolute Gasteiger partial charge is 0.307 e. The van der Waals surface area contributed by atoms with Crippen molar-refractivity contribution in [1.29, 1.82) is 0 Å². The third kappa shape index (κ3) is 4.34. The van der Waals surface area contributed by atoms with Gasteiger partial charge in [0.2, 0.25) is 5.91 Å². The molecule has 0 saturated heterocycles. The first-order valence-electron chi connectivity index (χ1n) is 6.17. The number of hydrogen-bond donors (Lipinski definition) is 2. The van der Waals surface area contributed by atoms with Gasteiger partial charge in [-0.15, -0.1) is 0 Å². The fraction of sp³-hybridized carbons (Fsp3) is 0.833. The first-order valence-corrected chi connectivity index (χ1v) is 6.17. The van der Waals surface area contributed by atoms with Crippen LogP contribution < -0.4 is 5.32 Å². The molecular weight excluding hydrogens is 220 g/mol. The van der Waals surface area contributed by atoms with Crippen LogP contribution in [0.25, 0.3) is 0 Å². The number of amides is 1. The molecule has 0 aliphatic heterocycles. The number of carboxylic acids is 1. The lowest BCUT2D eigenvalue weighted by molar-refractivity contribution is -0.146. The van der Waals surface area contributed by atoms with Crippen LogP contribution in [0.4, 0.5) is 0 Å². The van der Waals surface area contributed by atoms with Crippen molar-refractivity contribution in [3.8, 4) is 0 Å². The SMILES string of the molecule is CN(C)CCCNC(=O)C1CCCC1C(=O)O. The van der Waals surface area contributed by atoms with E-state index in [-0.39, 0.29) is 11.8 Å². The second-order valence-electron chi connectivity index (χ2n) is 4.93. The zero-order valence-corrected chi connectivity index (χ0v) is 10.6. The second-order valence-corrected chi connectivity index (χ2v) is 4.93. The molecule has 0 spiro atoms. The van der Waals surface area contributed by atoms with E-state index in [1.165, 1.54) is 0 Å². The number of nitrogens with zero attached hydrogens (tertiary/aromatic N) is 1. The summed E-state index contributed by atoms with van der Waals surface area (Å²) in [5, 5.41) is 11.8. The van der Waals surface area contributed by atoms with Crippen LogP contribution in [0, 0.1) is 11.8 Å². The Morgan fingerprint density at radius 2 is 1.94 bits per heavy atom. The van der Waals surface area contributed by atoms with E-state index in [2.05, 4.69) is 10.2 Å². The number of carboxylic acid groups (broad SMARTS) is 1. The maximum absolute atomic E-state index is 11.8. The standard InChI is InChI=1S/C12H22N2O3/c1-14(2)8-4-7-13-11(15)9-5-3-6-10(9)12(16)17/h9-10H,3-8H2,1-2H3,(H,13,15)(H,16,17). The van der Waals surface area contributed by atoms with Gasteiger partial charge in [0.25, 0.3) is 0 Å². The molecule has 0 aromatic heterocycles. The topological polar surface area (TPSA) is 69.6 Å². The summed E-state index contributed by atoms with van der Waals surface area (Å²) in [6, 6.07) is 0. The van der Waals surface area contributed by atoms with Gasteiger partial charge in [-0.2, -0.15) is 0 Å². The molecule has 0 aromatic carbocycles. The minimum atomic E-state index is -0.837. The molecule has 1 rings (SSSR count). The average molecular weight is 242 g/mol. The van der Waals surface area contributed by atoms with E-state index in [1.807, 2.05) is 14.1 Å². The first kappa shape index (κ1) is 14.0. The molecule has 0 heterocycles. The quantitative estimate of drug-likeness (QED) is 0.668. The molecule has 1 aliphatic rings. The number of rotatable bonds is 6. The second kappa shape index (κ2) is 6.59. The van der Waals surface area contributed by atoms with Crippen molar-refractivity contribution in [3.63, 3.8) is 0 Å². The van der Waals surface area contributed by atoms with Gasteiger partial charge in [0.05, 0.1) is 11.8 Å². The molecule has 0 radical (unpaired) electrons. The summed E-state index contributed by atoms with van der Waals surface area (Å²) < 4.78 is 0. The highest BCUT2D eigenvalue weighted by atomic mass is 16.4. The van der Waals surface area contributed by atoms with Crippen molar-refractivity contribution in [3.05, 3.63) is 0 Å². The molecule has 1 aliphatic carbocycles. The monoisotopic (exact) mass is 242 g/mol. The Kier molecular flexibility index (Phi) is 5.41. The van der Waals surface area contributed by atoms with E-state index in [0.717, 1.165) is 19.4 Å². The van der Waals surface area contributed by atoms with Gasteiger partial charge >= 0.3 is 5.97 Å². The third-order valence-electron chi connectivity index (χ3n) is 3.25. The Labute approximate surface area is 102 Å². The molecule has 98 valence electrons. The number of hydrogen-bond acceptors (Lipinski definition) is 3. The van der Waals surface area contributed by atoms with Crippen LogP contribution in [0.2, 0.25) is 0 Å². The van der Waals surface area contributed by atoms with Crippen molar-refractivity contribution in [2.24, 2.45) is 11.8 Å². The molecule has 0 aromatic rings. The summed E-state index contributed by atoms with van der Waals surface area (Å²) in [7, 11) is 3.97. The maximum Gasteiger partial charge on any atom is 0.307 e. The highest BCUT2D eigenvalue weighted by Crippen LogP contribution is 2.31. The largest absolute Gasteiger partial charge is 0.481 e. The highest BCUT2D eigenvalue weighted by molar-refractivity contribution is 5.85. The summed E-state index contributed by atoms with van der Waals surface area (Å²) in [5.74, 6) is -1.74. The molecule has 1 amide bonds. The van der Waals surface area contributed by atoms with Gasteiger partial charge in [-0.25, -0.2) is 0 Å². The summed E-state index contributed by atoms with van der Waals surface area (Å²) in [6.45, 7) is 1.55. The number of carbonyl (C=O) groups is 2. The predicted molar refractivity (Wildman–Crippen MR) is 64.6 cm³/mol. The molecule has 1 saturated carbocycles. The van der Waals surface area contributed by atoms with Crippen LogP contribution in [0.5, 0.6) is 0 Å². The van der Waals surface area contributed by atoms with Crippen LogP contribution in [0.3, 0.4) is 0 Å². The van der Waals surface area contributed by atoms with Gasteiger partial charge in [0.1, 0.15) is 0 Å². The van der Waals surface area contributed by atoms with Gasteiger partial charge in [-0.1, -0.05) is 6.42 Å². The van der Waals surface area contributed by atoms with Crippen molar-refractivity contribution in [1.82, 2.24) is 10.2 Å². The van der Waals surface area contributed by atoms with E-state index in [0.29, 0.717) is 19.4 Å². The molecule has 1 fully saturated rings.